The fourth-order valence-electron chi connectivity index (χ4n) is 3.55. The molecule has 28 heavy (non-hydrogen) atoms. The first-order valence-corrected chi connectivity index (χ1v) is 11.9. The van der Waals surface area contributed by atoms with Crippen LogP contribution in [-0.4, -0.2) is 52.4 Å². The van der Waals surface area contributed by atoms with Gasteiger partial charge in [-0.1, -0.05) is 36.4 Å². The number of carbonyl (C=O) groups excluding carboxylic acids is 1. The minimum absolute atomic E-state index is 0.0683. The van der Waals surface area contributed by atoms with Crippen molar-refractivity contribution in [3.05, 3.63) is 53.4 Å². The van der Waals surface area contributed by atoms with Gasteiger partial charge < -0.3 is 10.2 Å². The molecule has 1 aliphatic heterocycles. The van der Waals surface area contributed by atoms with Crippen molar-refractivity contribution in [1.82, 2.24) is 9.62 Å². The Labute approximate surface area is 171 Å². The Balaban J connectivity index is 1.70. The Bertz CT molecular complexity index is 867. The maximum atomic E-state index is 13.0. The topological polar surface area (TPSA) is 70.9 Å². The number of rotatable bonds is 7. The number of likely N-dealkylation sites (N-methyl/N-ethyl adjacent to an activating group) is 1. The summed E-state index contributed by atoms with van der Waals surface area (Å²) in [6.45, 7) is 1.47. The summed E-state index contributed by atoms with van der Waals surface area (Å²) in [5, 5.41) is 4.92. The minimum Gasteiger partial charge on any atom is -0.343 e. The lowest BCUT2D eigenvalue weighted by molar-refractivity contribution is -0.860. The van der Waals surface area contributed by atoms with Crippen molar-refractivity contribution in [2.24, 2.45) is 5.92 Å². The molecule has 1 fully saturated rings. The van der Waals surface area contributed by atoms with Crippen LogP contribution in [0.5, 0.6) is 0 Å². The zero-order valence-electron chi connectivity index (χ0n) is 16.3. The van der Waals surface area contributed by atoms with E-state index < -0.39 is 10.0 Å². The minimum atomic E-state index is -3.52. The van der Waals surface area contributed by atoms with E-state index in [-0.39, 0.29) is 24.4 Å². The molecule has 6 nitrogen and oxygen atoms in total. The van der Waals surface area contributed by atoms with Crippen LogP contribution in [0.3, 0.4) is 0 Å². The lowest BCUT2D eigenvalue weighted by Gasteiger charge is -2.32. The van der Waals surface area contributed by atoms with E-state index in [1.807, 2.05) is 30.3 Å². The number of sulfonamides is 1. The zero-order valence-corrected chi connectivity index (χ0v) is 17.9. The molecule has 2 N–H and O–H groups in total. The summed E-state index contributed by atoms with van der Waals surface area (Å²) < 4.78 is 27.4. The molecule has 2 atom stereocenters. The average molecular weight is 423 g/mol. The van der Waals surface area contributed by atoms with Crippen molar-refractivity contribution in [3.63, 3.8) is 0 Å². The molecule has 0 saturated carbocycles. The monoisotopic (exact) mass is 422 g/mol. The molecule has 1 aromatic carbocycles. The van der Waals surface area contributed by atoms with Gasteiger partial charge in [-0.2, -0.15) is 4.31 Å². The second-order valence-electron chi connectivity index (χ2n) is 7.52. The molecule has 1 aromatic heterocycles. The maximum absolute atomic E-state index is 13.0. The molecular formula is C20H28N3O3S2+. The van der Waals surface area contributed by atoms with Gasteiger partial charge in [0.15, 0.2) is 0 Å². The quantitative estimate of drug-likeness (QED) is 0.703. The van der Waals surface area contributed by atoms with Crippen molar-refractivity contribution < 1.29 is 18.1 Å². The van der Waals surface area contributed by atoms with E-state index in [0.717, 1.165) is 12.1 Å². The third-order valence-corrected chi connectivity index (χ3v) is 8.21. The van der Waals surface area contributed by atoms with Crippen LogP contribution >= 0.6 is 11.3 Å². The Hall–Kier alpha value is -1.74. The van der Waals surface area contributed by atoms with Crippen LogP contribution in [0.4, 0.5) is 0 Å². The van der Waals surface area contributed by atoms with Crippen molar-refractivity contribution in [1.29, 1.82) is 0 Å². The second kappa shape index (κ2) is 9.17. The molecule has 2 heterocycles. The van der Waals surface area contributed by atoms with Gasteiger partial charge in [0.05, 0.1) is 20.0 Å². The third kappa shape index (κ3) is 5.00. The van der Waals surface area contributed by atoms with E-state index in [1.165, 1.54) is 20.5 Å². The van der Waals surface area contributed by atoms with E-state index in [2.05, 4.69) is 19.4 Å². The molecular weight excluding hydrogens is 394 g/mol. The smallest absolute Gasteiger partial charge is 0.252 e. The molecule has 0 aliphatic carbocycles. The fraction of sp³-hybridized carbons (Fsp3) is 0.450. The summed E-state index contributed by atoms with van der Waals surface area (Å²) in [5.41, 5.74) is 1.07. The first-order valence-electron chi connectivity index (χ1n) is 9.56. The first-order chi connectivity index (χ1) is 13.4. The summed E-state index contributed by atoms with van der Waals surface area (Å²) in [7, 11) is 0.590. The van der Waals surface area contributed by atoms with Crippen LogP contribution in [0.25, 0.3) is 0 Å². The molecule has 1 amide bonds. The zero-order chi connectivity index (χ0) is 20.1. The number of hydrogen-bond donors (Lipinski definition) is 2. The van der Waals surface area contributed by atoms with Gasteiger partial charge in [0.25, 0.3) is 10.0 Å². The average Bonchev–Trinajstić information content (AvgIpc) is 3.23. The van der Waals surface area contributed by atoms with Crippen molar-refractivity contribution in [2.75, 3.05) is 33.7 Å². The van der Waals surface area contributed by atoms with Gasteiger partial charge in [0.1, 0.15) is 16.8 Å². The predicted octanol–water partition coefficient (Wildman–Crippen LogP) is 1.15. The Kier molecular flexibility index (Phi) is 6.87. The number of quaternary nitrogens is 1. The number of benzene rings is 1. The lowest BCUT2D eigenvalue weighted by Crippen LogP contribution is -3.06. The van der Waals surface area contributed by atoms with E-state index in [0.29, 0.717) is 23.6 Å². The largest absolute Gasteiger partial charge is 0.343 e. The lowest BCUT2D eigenvalue weighted by atomic mass is 9.97. The number of piperidine rings is 1. The Morgan fingerprint density at radius 1 is 1.25 bits per heavy atom. The van der Waals surface area contributed by atoms with Crippen LogP contribution < -0.4 is 10.2 Å². The summed E-state index contributed by atoms with van der Waals surface area (Å²) in [6, 6.07) is 13.2. The number of nitrogens with one attached hydrogen (secondary N) is 2. The van der Waals surface area contributed by atoms with E-state index in [1.54, 1.807) is 17.5 Å². The molecule has 152 valence electrons. The number of nitrogens with zero attached hydrogens (tertiary/aromatic N) is 1. The third-order valence-electron chi connectivity index (χ3n) is 4.97. The molecule has 3 rings (SSSR count). The maximum Gasteiger partial charge on any atom is 0.252 e. The van der Waals surface area contributed by atoms with Crippen LogP contribution in [0.2, 0.25) is 0 Å². The normalized spacial score (nSPS) is 19.5. The highest BCUT2D eigenvalue weighted by Gasteiger charge is 2.34. The summed E-state index contributed by atoms with van der Waals surface area (Å²) in [5.74, 6) is -0.395. The first kappa shape index (κ1) is 21.0. The van der Waals surface area contributed by atoms with Crippen molar-refractivity contribution in [2.45, 2.75) is 23.1 Å². The van der Waals surface area contributed by atoms with E-state index in [4.69, 9.17) is 0 Å². The van der Waals surface area contributed by atoms with Crippen molar-refractivity contribution >= 4 is 27.3 Å². The molecule has 8 heteroatoms. The summed E-state index contributed by atoms with van der Waals surface area (Å²) in [6.07, 6.45) is 1.40. The molecule has 1 saturated heterocycles. The highest BCUT2D eigenvalue weighted by Crippen LogP contribution is 2.27. The van der Waals surface area contributed by atoms with Crippen LogP contribution in [-0.2, 0) is 14.8 Å². The van der Waals surface area contributed by atoms with Gasteiger partial charge in [-0.05, 0) is 29.9 Å². The predicted molar refractivity (Wildman–Crippen MR) is 111 cm³/mol. The van der Waals surface area contributed by atoms with Crippen molar-refractivity contribution in [3.8, 4) is 0 Å². The summed E-state index contributed by atoms with van der Waals surface area (Å²) in [4.78, 5) is 14.2. The Morgan fingerprint density at radius 3 is 2.64 bits per heavy atom. The number of hydrogen-bond acceptors (Lipinski definition) is 4. The van der Waals surface area contributed by atoms with Gasteiger partial charge in [0, 0.05) is 13.1 Å². The highest BCUT2D eigenvalue weighted by molar-refractivity contribution is 7.91. The van der Waals surface area contributed by atoms with Gasteiger partial charge in [-0.15, -0.1) is 11.3 Å². The number of carbonyl (C=O) groups is 1. The number of amides is 1. The van der Waals surface area contributed by atoms with Crippen LogP contribution in [0.1, 0.15) is 24.4 Å². The SMILES string of the molecule is C[NH+](C)C[C@@H](NC(=O)[C@@H]1CCCN(S(=O)(=O)c2cccs2)C1)c1ccccc1. The van der Waals surface area contributed by atoms with Gasteiger partial charge in [-0.25, -0.2) is 8.42 Å². The molecule has 0 radical (unpaired) electrons. The molecule has 0 unspecified atom stereocenters. The van der Waals surface area contributed by atoms with Gasteiger partial charge in [-0.3, -0.25) is 4.79 Å². The number of thiophene rings is 1. The Morgan fingerprint density at radius 2 is 2.00 bits per heavy atom. The van der Waals surface area contributed by atoms with E-state index in [9.17, 15) is 13.2 Å². The van der Waals surface area contributed by atoms with Crippen LogP contribution in [0.15, 0.2) is 52.1 Å². The standard InChI is InChI=1S/C20H27N3O3S2/c1-22(2)15-18(16-8-4-3-5-9-16)21-20(24)17-10-6-12-23(14-17)28(25,26)19-11-7-13-27-19/h3-5,7-9,11,13,17-18H,6,10,12,14-15H2,1-2H3,(H,21,24)/p+1/t17-,18-/m1/s1. The van der Waals surface area contributed by atoms with Gasteiger partial charge in [0.2, 0.25) is 5.91 Å². The molecule has 0 bridgehead atoms. The molecule has 2 aromatic rings. The molecule has 1 aliphatic rings. The molecule has 0 spiro atoms. The van der Waals surface area contributed by atoms with Gasteiger partial charge >= 0.3 is 0 Å². The van der Waals surface area contributed by atoms with Crippen LogP contribution in [0, 0.1) is 5.92 Å². The van der Waals surface area contributed by atoms with E-state index >= 15 is 0 Å². The second-order valence-corrected chi connectivity index (χ2v) is 10.6. The summed E-state index contributed by atoms with van der Waals surface area (Å²) >= 11 is 1.21. The fourth-order valence-corrected chi connectivity index (χ4v) is 6.22. The highest BCUT2D eigenvalue weighted by atomic mass is 32.2.